The van der Waals surface area contributed by atoms with Crippen molar-refractivity contribution in [2.45, 2.75) is 19.4 Å². The summed E-state index contributed by atoms with van der Waals surface area (Å²) in [6, 6.07) is 12.0. The van der Waals surface area contributed by atoms with Crippen LogP contribution >= 0.6 is 27.3 Å². The average molecular weight is 423 g/mol. The molecular weight excluding hydrogens is 400 g/mol. The third-order valence-electron chi connectivity index (χ3n) is 4.28. The van der Waals surface area contributed by atoms with E-state index in [0.29, 0.717) is 13.0 Å². The lowest BCUT2D eigenvalue weighted by Crippen LogP contribution is -2.48. The van der Waals surface area contributed by atoms with Crippen LogP contribution in [0, 0.1) is 0 Å². The predicted octanol–water partition coefficient (Wildman–Crippen LogP) is 4.01. The second-order valence-corrected chi connectivity index (χ2v) is 8.09. The smallest absolute Gasteiger partial charge is 0.222 e. The lowest BCUT2D eigenvalue weighted by atomic mass is 10.2. The highest BCUT2D eigenvalue weighted by Crippen LogP contribution is 2.18. The summed E-state index contributed by atoms with van der Waals surface area (Å²) in [4.78, 5) is 18.1. The zero-order valence-electron chi connectivity index (χ0n) is 14.2. The minimum atomic E-state index is 0.244. The summed E-state index contributed by atoms with van der Waals surface area (Å²) < 4.78 is 6.69. The zero-order valence-corrected chi connectivity index (χ0v) is 16.6. The van der Waals surface area contributed by atoms with Gasteiger partial charge in [-0.25, -0.2) is 0 Å². The normalized spacial score (nSPS) is 15.3. The van der Waals surface area contributed by atoms with Gasteiger partial charge in [-0.3, -0.25) is 9.69 Å². The van der Waals surface area contributed by atoms with Crippen molar-refractivity contribution in [1.82, 2.24) is 9.80 Å². The molecule has 1 aliphatic heterocycles. The zero-order chi connectivity index (χ0) is 17.5. The maximum atomic E-state index is 12.3. The number of hydrogen-bond acceptors (Lipinski definition) is 4. The van der Waals surface area contributed by atoms with E-state index in [4.69, 9.17) is 4.74 Å². The molecule has 3 rings (SSSR count). The first-order valence-electron chi connectivity index (χ1n) is 8.61. The van der Waals surface area contributed by atoms with Crippen molar-refractivity contribution in [3.63, 3.8) is 0 Å². The summed E-state index contributed by atoms with van der Waals surface area (Å²) in [7, 11) is 0. The lowest BCUT2D eigenvalue weighted by Gasteiger charge is -2.34. The van der Waals surface area contributed by atoms with Gasteiger partial charge in [0.2, 0.25) is 5.91 Å². The van der Waals surface area contributed by atoms with Crippen LogP contribution in [-0.2, 0) is 11.3 Å². The molecular formula is C19H23BrN2O2S. The Kier molecular flexibility index (Phi) is 6.90. The Morgan fingerprint density at radius 3 is 2.72 bits per heavy atom. The second-order valence-electron chi connectivity index (χ2n) is 6.15. The van der Waals surface area contributed by atoms with Gasteiger partial charge in [0.25, 0.3) is 0 Å². The monoisotopic (exact) mass is 422 g/mol. The maximum absolute atomic E-state index is 12.3. The van der Waals surface area contributed by atoms with Gasteiger partial charge in [-0.2, -0.15) is 0 Å². The molecule has 0 saturated carbocycles. The van der Waals surface area contributed by atoms with Gasteiger partial charge < -0.3 is 9.64 Å². The van der Waals surface area contributed by atoms with Crippen LogP contribution in [0.2, 0.25) is 0 Å². The van der Waals surface area contributed by atoms with Crippen LogP contribution in [0.1, 0.15) is 17.7 Å². The third-order valence-corrected chi connectivity index (χ3v) is 5.64. The summed E-state index contributed by atoms with van der Waals surface area (Å²) in [5.41, 5.74) is 0. The standard InChI is InChI=1S/C19H23BrN2O2S/c20-16-4-1-5-17(14-16)24-12-2-7-19(23)22-10-8-21(9-11-22)15-18-6-3-13-25-18/h1,3-6,13-14H,2,7-12,15H2. The van der Waals surface area contributed by atoms with Gasteiger partial charge in [0.05, 0.1) is 6.61 Å². The van der Waals surface area contributed by atoms with Crippen molar-refractivity contribution in [3.05, 3.63) is 51.1 Å². The molecule has 1 aromatic carbocycles. The van der Waals surface area contributed by atoms with Crippen molar-refractivity contribution >= 4 is 33.2 Å². The summed E-state index contributed by atoms with van der Waals surface area (Å²) in [6.45, 7) is 5.14. The van der Waals surface area contributed by atoms with Crippen LogP contribution in [0.25, 0.3) is 0 Å². The van der Waals surface area contributed by atoms with Gasteiger partial charge in [0.1, 0.15) is 5.75 Å². The largest absolute Gasteiger partial charge is 0.494 e. The van der Waals surface area contributed by atoms with Crippen LogP contribution in [0.4, 0.5) is 0 Å². The molecule has 2 aromatic rings. The van der Waals surface area contributed by atoms with Crippen LogP contribution in [0.15, 0.2) is 46.3 Å². The van der Waals surface area contributed by atoms with Crippen molar-refractivity contribution in [3.8, 4) is 5.75 Å². The quantitative estimate of drug-likeness (QED) is 0.631. The number of rotatable bonds is 7. The summed E-state index contributed by atoms with van der Waals surface area (Å²) >= 11 is 5.22. The van der Waals surface area contributed by atoms with Crippen LogP contribution in [0.5, 0.6) is 5.75 Å². The third kappa shape index (κ3) is 5.83. The van der Waals surface area contributed by atoms with Gasteiger partial charge in [0.15, 0.2) is 0 Å². The SMILES string of the molecule is O=C(CCCOc1cccc(Br)c1)N1CCN(Cc2cccs2)CC1. The number of benzene rings is 1. The minimum Gasteiger partial charge on any atom is -0.494 e. The minimum absolute atomic E-state index is 0.244. The molecule has 0 aliphatic carbocycles. The Hall–Kier alpha value is -1.37. The molecule has 1 aliphatic rings. The molecule has 2 heterocycles. The molecule has 1 aromatic heterocycles. The van der Waals surface area contributed by atoms with E-state index >= 15 is 0 Å². The van der Waals surface area contributed by atoms with Crippen molar-refractivity contribution < 1.29 is 9.53 Å². The van der Waals surface area contributed by atoms with E-state index in [1.165, 1.54) is 4.88 Å². The Morgan fingerprint density at radius 2 is 2.00 bits per heavy atom. The molecule has 0 unspecified atom stereocenters. The molecule has 1 fully saturated rings. The number of amides is 1. The molecule has 4 nitrogen and oxygen atoms in total. The Morgan fingerprint density at radius 1 is 1.16 bits per heavy atom. The first-order valence-corrected chi connectivity index (χ1v) is 10.3. The van der Waals surface area contributed by atoms with Gasteiger partial charge in [-0.1, -0.05) is 28.1 Å². The molecule has 0 N–H and O–H groups in total. The molecule has 6 heteroatoms. The number of carbonyl (C=O) groups excluding carboxylic acids is 1. The highest BCUT2D eigenvalue weighted by atomic mass is 79.9. The Balaban J connectivity index is 1.32. The highest BCUT2D eigenvalue weighted by molar-refractivity contribution is 9.10. The van der Waals surface area contributed by atoms with Gasteiger partial charge in [0, 0.05) is 48.5 Å². The van der Waals surface area contributed by atoms with Crippen molar-refractivity contribution in [1.29, 1.82) is 0 Å². The molecule has 0 atom stereocenters. The van der Waals surface area contributed by atoms with Gasteiger partial charge >= 0.3 is 0 Å². The average Bonchev–Trinajstić information content (AvgIpc) is 3.12. The van der Waals surface area contributed by atoms with Crippen LogP contribution in [-0.4, -0.2) is 48.5 Å². The number of halogens is 1. The summed E-state index contributed by atoms with van der Waals surface area (Å²) in [5, 5.41) is 2.12. The van der Waals surface area contributed by atoms with Crippen molar-refractivity contribution in [2.75, 3.05) is 32.8 Å². The molecule has 0 radical (unpaired) electrons. The Labute approximate surface area is 161 Å². The second kappa shape index (κ2) is 9.36. The van der Waals surface area contributed by atoms with E-state index in [0.717, 1.165) is 49.4 Å². The van der Waals surface area contributed by atoms with Crippen LogP contribution in [0.3, 0.4) is 0 Å². The number of ether oxygens (including phenoxy) is 1. The number of piperazine rings is 1. The van der Waals surface area contributed by atoms with E-state index in [1.807, 2.05) is 29.2 Å². The lowest BCUT2D eigenvalue weighted by molar-refractivity contribution is -0.133. The molecule has 134 valence electrons. The van der Waals surface area contributed by atoms with Gasteiger partial charge in [-0.05, 0) is 36.1 Å². The summed E-state index contributed by atoms with van der Waals surface area (Å²) in [5.74, 6) is 1.08. The summed E-state index contributed by atoms with van der Waals surface area (Å²) in [6.07, 6.45) is 1.31. The fraction of sp³-hybridized carbons (Fsp3) is 0.421. The van der Waals surface area contributed by atoms with Gasteiger partial charge in [-0.15, -0.1) is 11.3 Å². The first kappa shape index (κ1) is 18.4. The fourth-order valence-electron chi connectivity index (χ4n) is 2.91. The number of carbonyl (C=O) groups is 1. The molecule has 0 bridgehead atoms. The number of nitrogens with zero attached hydrogens (tertiary/aromatic N) is 2. The molecule has 0 spiro atoms. The van der Waals surface area contributed by atoms with E-state index in [9.17, 15) is 4.79 Å². The van der Waals surface area contributed by atoms with E-state index in [-0.39, 0.29) is 5.91 Å². The maximum Gasteiger partial charge on any atom is 0.222 e. The number of thiophene rings is 1. The first-order chi connectivity index (χ1) is 12.2. The van der Waals surface area contributed by atoms with E-state index < -0.39 is 0 Å². The molecule has 1 amide bonds. The molecule has 1 saturated heterocycles. The topological polar surface area (TPSA) is 32.8 Å². The highest BCUT2D eigenvalue weighted by Gasteiger charge is 2.20. The van der Waals surface area contributed by atoms with E-state index in [2.05, 4.69) is 38.3 Å². The van der Waals surface area contributed by atoms with E-state index in [1.54, 1.807) is 11.3 Å². The predicted molar refractivity (Wildman–Crippen MR) is 105 cm³/mol. The molecule has 25 heavy (non-hydrogen) atoms. The fourth-order valence-corrected chi connectivity index (χ4v) is 4.03. The van der Waals surface area contributed by atoms with Crippen molar-refractivity contribution in [2.24, 2.45) is 0 Å². The number of hydrogen-bond donors (Lipinski definition) is 0. The van der Waals surface area contributed by atoms with Crippen LogP contribution < -0.4 is 4.74 Å². The Bertz CT molecular complexity index is 670.